The molecule has 0 atom stereocenters. The Morgan fingerprint density at radius 2 is 1.89 bits per heavy atom. The van der Waals surface area contributed by atoms with Gasteiger partial charge in [0.05, 0.1) is 11.3 Å². The maximum absolute atomic E-state index is 5.96. The molecule has 0 spiro atoms. The molecule has 18 heavy (non-hydrogen) atoms. The van der Waals surface area contributed by atoms with E-state index in [1.807, 2.05) is 12.1 Å². The van der Waals surface area contributed by atoms with Crippen LogP contribution in [0.1, 0.15) is 43.9 Å². The van der Waals surface area contributed by atoms with Crippen molar-refractivity contribution in [1.82, 2.24) is 5.16 Å². The molecule has 1 aromatic heterocycles. The lowest BCUT2D eigenvalue weighted by atomic mass is 9.91. The van der Waals surface area contributed by atoms with Gasteiger partial charge in [0.15, 0.2) is 0 Å². The zero-order valence-corrected chi connectivity index (χ0v) is 11.2. The highest BCUT2D eigenvalue weighted by atomic mass is 16.5. The summed E-state index contributed by atoms with van der Waals surface area (Å²) in [6, 6.07) is 8.20. The first-order valence-electron chi connectivity index (χ1n) is 6.50. The molecule has 1 aromatic carbocycles. The van der Waals surface area contributed by atoms with Crippen LogP contribution in [0.5, 0.6) is 0 Å². The quantitative estimate of drug-likeness (QED) is 0.879. The van der Waals surface area contributed by atoms with Crippen molar-refractivity contribution in [3.8, 4) is 11.1 Å². The summed E-state index contributed by atoms with van der Waals surface area (Å²) in [5, 5.41) is 4.18. The molecule has 0 aliphatic rings. The molecule has 0 amide bonds. The number of aryl methyl sites for hydroxylation is 1. The summed E-state index contributed by atoms with van der Waals surface area (Å²) in [6.45, 7) is 6.42. The van der Waals surface area contributed by atoms with E-state index in [9.17, 15) is 0 Å². The van der Waals surface area contributed by atoms with Crippen LogP contribution in [0.4, 0.5) is 5.88 Å². The van der Waals surface area contributed by atoms with Gasteiger partial charge in [-0.2, -0.15) is 0 Å². The Hall–Kier alpha value is -1.77. The van der Waals surface area contributed by atoms with Crippen molar-refractivity contribution < 1.29 is 4.52 Å². The number of hydrogen-bond donors (Lipinski definition) is 1. The molecule has 0 aliphatic carbocycles. The second-order valence-electron chi connectivity index (χ2n) is 4.64. The molecule has 1 heterocycles. The first-order valence-corrected chi connectivity index (χ1v) is 6.50. The van der Waals surface area contributed by atoms with Gasteiger partial charge in [0.1, 0.15) is 0 Å². The molecular weight excluding hydrogens is 224 g/mol. The van der Waals surface area contributed by atoms with Gasteiger partial charge in [-0.05, 0) is 30.9 Å². The van der Waals surface area contributed by atoms with Crippen molar-refractivity contribution in [3.05, 3.63) is 35.5 Å². The number of nitrogen functional groups attached to an aromatic ring is 1. The van der Waals surface area contributed by atoms with Crippen LogP contribution in [0.2, 0.25) is 0 Å². The fourth-order valence-corrected chi connectivity index (χ4v) is 2.39. The van der Waals surface area contributed by atoms with E-state index in [4.69, 9.17) is 10.3 Å². The minimum Gasteiger partial charge on any atom is -0.367 e. The first-order chi connectivity index (χ1) is 8.69. The molecule has 0 fully saturated rings. The number of benzene rings is 1. The highest BCUT2D eigenvalue weighted by molar-refractivity contribution is 5.77. The normalized spacial score (nSPS) is 11.1. The van der Waals surface area contributed by atoms with E-state index < -0.39 is 0 Å². The molecule has 2 rings (SSSR count). The van der Waals surface area contributed by atoms with Crippen LogP contribution in [-0.4, -0.2) is 5.16 Å². The number of aromatic nitrogens is 1. The largest absolute Gasteiger partial charge is 0.367 e. The predicted molar refractivity (Wildman–Crippen MR) is 74.4 cm³/mol. The monoisotopic (exact) mass is 244 g/mol. The Morgan fingerprint density at radius 3 is 2.50 bits per heavy atom. The maximum Gasteiger partial charge on any atom is 0.230 e. The lowest BCUT2D eigenvalue weighted by molar-refractivity contribution is 0.416. The summed E-state index contributed by atoms with van der Waals surface area (Å²) in [7, 11) is 0. The molecule has 0 unspecified atom stereocenters. The van der Waals surface area contributed by atoms with Crippen molar-refractivity contribution >= 4 is 5.88 Å². The molecule has 0 saturated carbocycles. The van der Waals surface area contributed by atoms with Gasteiger partial charge in [0, 0.05) is 5.92 Å². The van der Waals surface area contributed by atoms with Crippen molar-refractivity contribution in [2.75, 3.05) is 5.73 Å². The van der Waals surface area contributed by atoms with Crippen molar-refractivity contribution in [1.29, 1.82) is 0 Å². The summed E-state index contributed by atoms with van der Waals surface area (Å²) >= 11 is 0. The third kappa shape index (κ3) is 2.13. The number of nitrogens with two attached hydrogens (primary N) is 1. The Balaban J connectivity index is 2.57. The van der Waals surface area contributed by atoms with E-state index in [0.717, 1.165) is 29.7 Å². The minimum atomic E-state index is 0.403. The van der Waals surface area contributed by atoms with Gasteiger partial charge in [-0.3, -0.25) is 0 Å². The summed E-state index contributed by atoms with van der Waals surface area (Å²) in [4.78, 5) is 0. The van der Waals surface area contributed by atoms with Crippen LogP contribution in [0.25, 0.3) is 11.1 Å². The van der Waals surface area contributed by atoms with Crippen molar-refractivity contribution in [2.45, 2.75) is 39.5 Å². The topological polar surface area (TPSA) is 52.0 Å². The summed E-state index contributed by atoms with van der Waals surface area (Å²) in [6.07, 6.45) is 2.09. The molecule has 2 aromatic rings. The maximum atomic E-state index is 5.96. The first kappa shape index (κ1) is 12.7. The molecule has 96 valence electrons. The molecular formula is C15H20N2O. The van der Waals surface area contributed by atoms with Crippen LogP contribution >= 0.6 is 0 Å². The number of nitrogens with zero attached hydrogens (tertiary/aromatic N) is 1. The van der Waals surface area contributed by atoms with E-state index in [1.165, 1.54) is 5.56 Å². The van der Waals surface area contributed by atoms with Gasteiger partial charge in [-0.15, -0.1) is 0 Å². The lowest BCUT2D eigenvalue weighted by Crippen LogP contribution is -1.99. The summed E-state index contributed by atoms with van der Waals surface area (Å²) < 4.78 is 5.22. The zero-order chi connectivity index (χ0) is 13.1. The van der Waals surface area contributed by atoms with E-state index in [1.54, 1.807) is 0 Å². The van der Waals surface area contributed by atoms with E-state index in [-0.39, 0.29) is 0 Å². The van der Waals surface area contributed by atoms with Crippen LogP contribution in [0.3, 0.4) is 0 Å². The summed E-state index contributed by atoms with van der Waals surface area (Å²) in [5.74, 6) is 0.826. The van der Waals surface area contributed by atoms with Gasteiger partial charge < -0.3 is 10.3 Å². The number of anilines is 1. The highest BCUT2D eigenvalue weighted by Gasteiger charge is 2.22. The average Bonchev–Trinajstić information content (AvgIpc) is 2.74. The van der Waals surface area contributed by atoms with Gasteiger partial charge in [0.25, 0.3) is 0 Å². The molecule has 0 aliphatic heterocycles. The van der Waals surface area contributed by atoms with Crippen LogP contribution in [-0.2, 0) is 0 Å². The average molecular weight is 244 g/mol. The van der Waals surface area contributed by atoms with E-state index in [0.29, 0.717) is 11.8 Å². The van der Waals surface area contributed by atoms with Gasteiger partial charge in [0.2, 0.25) is 5.88 Å². The highest BCUT2D eigenvalue weighted by Crippen LogP contribution is 2.37. The molecule has 0 radical (unpaired) electrons. The Bertz CT molecular complexity index is 527. The third-order valence-electron chi connectivity index (χ3n) is 3.53. The molecule has 3 heteroatoms. The SMILES string of the molecule is CCC(CC)c1noc(N)c1-c1ccccc1C. The Morgan fingerprint density at radius 1 is 1.22 bits per heavy atom. The second-order valence-corrected chi connectivity index (χ2v) is 4.64. The van der Waals surface area contributed by atoms with Crippen molar-refractivity contribution in [3.63, 3.8) is 0 Å². The number of hydrogen-bond acceptors (Lipinski definition) is 3. The molecule has 0 saturated heterocycles. The minimum absolute atomic E-state index is 0.403. The standard InChI is InChI=1S/C15H20N2O/c1-4-11(5-2)14-13(15(16)18-17-14)12-9-7-6-8-10(12)3/h6-9,11H,4-5,16H2,1-3H3. The molecule has 3 nitrogen and oxygen atoms in total. The van der Waals surface area contributed by atoms with Crippen LogP contribution in [0.15, 0.2) is 28.8 Å². The Kier molecular flexibility index (Phi) is 3.70. The predicted octanol–water partition coefficient (Wildman–Crippen LogP) is 4.14. The lowest BCUT2D eigenvalue weighted by Gasteiger charge is -2.12. The van der Waals surface area contributed by atoms with Gasteiger partial charge in [-0.25, -0.2) is 0 Å². The second kappa shape index (κ2) is 5.25. The Labute approximate surface area is 108 Å². The van der Waals surface area contributed by atoms with Gasteiger partial charge in [-0.1, -0.05) is 43.3 Å². The van der Waals surface area contributed by atoms with E-state index in [2.05, 4.69) is 38.1 Å². The van der Waals surface area contributed by atoms with Gasteiger partial charge >= 0.3 is 0 Å². The third-order valence-corrected chi connectivity index (χ3v) is 3.53. The fourth-order valence-electron chi connectivity index (χ4n) is 2.39. The van der Waals surface area contributed by atoms with Crippen molar-refractivity contribution in [2.24, 2.45) is 0 Å². The smallest absolute Gasteiger partial charge is 0.230 e. The fraction of sp³-hybridized carbons (Fsp3) is 0.400. The van der Waals surface area contributed by atoms with E-state index >= 15 is 0 Å². The van der Waals surface area contributed by atoms with Crippen LogP contribution in [0, 0.1) is 6.92 Å². The zero-order valence-electron chi connectivity index (χ0n) is 11.2. The number of rotatable bonds is 4. The molecule has 2 N–H and O–H groups in total. The molecule has 0 bridgehead atoms. The van der Waals surface area contributed by atoms with Crippen LogP contribution < -0.4 is 5.73 Å². The summed E-state index contributed by atoms with van der Waals surface area (Å²) in [5.41, 5.74) is 10.2.